The molecule has 0 spiro atoms. The Labute approximate surface area is 272 Å². The first-order valence-electron chi connectivity index (χ1n) is 17.4. The van der Waals surface area contributed by atoms with Crippen LogP contribution in [0.2, 0.25) is 0 Å². The molecule has 0 aromatic heterocycles. The molecule has 3 aromatic carbocycles. The van der Waals surface area contributed by atoms with Crippen LogP contribution in [0.1, 0.15) is 103 Å². The summed E-state index contributed by atoms with van der Waals surface area (Å²) in [7, 11) is 0. The maximum atomic E-state index is 15.5. The van der Waals surface area contributed by atoms with Crippen molar-refractivity contribution in [3.8, 4) is 28.0 Å². The summed E-state index contributed by atoms with van der Waals surface area (Å²) < 4.78 is 66.1. The maximum Gasteiger partial charge on any atom is 0.201 e. The average Bonchev–Trinajstić information content (AvgIpc) is 3.08. The van der Waals surface area contributed by atoms with E-state index in [0.717, 1.165) is 62.4 Å². The monoisotopic (exact) mass is 632 g/mol. The van der Waals surface area contributed by atoms with Crippen molar-refractivity contribution < 1.29 is 22.3 Å². The van der Waals surface area contributed by atoms with Crippen LogP contribution in [0.15, 0.2) is 66.8 Å². The van der Waals surface area contributed by atoms with Crippen molar-refractivity contribution in [3.05, 3.63) is 95.6 Å². The van der Waals surface area contributed by atoms with Crippen LogP contribution in [-0.2, 0) is 0 Å². The van der Waals surface area contributed by atoms with Gasteiger partial charge in [0.25, 0.3) is 0 Å². The second-order valence-corrected chi connectivity index (χ2v) is 13.2. The van der Waals surface area contributed by atoms with E-state index in [4.69, 9.17) is 4.74 Å². The average molecular weight is 633 g/mol. The van der Waals surface area contributed by atoms with Crippen LogP contribution in [0.25, 0.3) is 27.8 Å². The van der Waals surface area contributed by atoms with Gasteiger partial charge in [0.1, 0.15) is 0 Å². The Hall–Kier alpha value is -3.34. The van der Waals surface area contributed by atoms with E-state index in [0.29, 0.717) is 29.2 Å². The predicted molar refractivity (Wildman–Crippen MR) is 182 cm³/mol. The third-order valence-corrected chi connectivity index (χ3v) is 10.2. The van der Waals surface area contributed by atoms with E-state index in [1.165, 1.54) is 50.7 Å². The first-order valence-corrected chi connectivity index (χ1v) is 17.4. The normalized spacial score (nSPS) is 20.2. The molecule has 246 valence electrons. The van der Waals surface area contributed by atoms with Gasteiger partial charge in [-0.3, -0.25) is 0 Å². The molecule has 0 radical (unpaired) electrons. The predicted octanol–water partition coefficient (Wildman–Crippen LogP) is 12.9. The molecular weight excluding hydrogens is 584 g/mol. The summed E-state index contributed by atoms with van der Waals surface area (Å²) in [5.74, 6) is -1.62. The summed E-state index contributed by atoms with van der Waals surface area (Å²) in [6.45, 7) is 4.52. The molecule has 0 saturated heterocycles. The van der Waals surface area contributed by atoms with Crippen LogP contribution in [0.4, 0.5) is 17.6 Å². The fourth-order valence-electron chi connectivity index (χ4n) is 7.40. The number of hydrogen-bond acceptors (Lipinski definition) is 1. The molecule has 0 aliphatic heterocycles. The standard InChI is InChI=1S/C41H48F4O/c1-3-5-7-9-27-46-37-26-25-36(40(44)41(37)45)33-21-19-32(20-22-33)35-24-23-34(38(42)39(35)43)31-17-15-30(16-18-31)29-13-11-28(12-14-29)10-8-6-4-2/h4,6,17,19-26,28-30H,3,5,7-16,18,27H2,1-2H3. The number of ether oxygens (including phenoxy) is 1. The molecule has 0 amide bonds. The second kappa shape index (κ2) is 16.5. The minimum Gasteiger partial charge on any atom is -0.490 e. The van der Waals surface area contributed by atoms with Gasteiger partial charge in [0.15, 0.2) is 23.2 Å². The zero-order chi connectivity index (χ0) is 32.5. The summed E-state index contributed by atoms with van der Waals surface area (Å²) in [4.78, 5) is 0. The van der Waals surface area contributed by atoms with E-state index < -0.39 is 23.3 Å². The summed E-state index contributed by atoms with van der Waals surface area (Å²) in [6, 6.07) is 12.7. The molecule has 0 bridgehead atoms. The number of allylic oxidation sites excluding steroid dienone is 4. The van der Waals surface area contributed by atoms with Crippen LogP contribution < -0.4 is 4.74 Å². The van der Waals surface area contributed by atoms with Crippen LogP contribution in [0, 0.1) is 41.0 Å². The second-order valence-electron chi connectivity index (χ2n) is 13.2. The quantitative estimate of drug-likeness (QED) is 0.103. The number of halogens is 4. The van der Waals surface area contributed by atoms with Crippen LogP contribution >= 0.6 is 0 Å². The fraction of sp³-hybridized carbons (Fsp3) is 0.463. The van der Waals surface area contributed by atoms with Crippen molar-refractivity contribution in [1.82, 2.24) is 0 Å². The number of benzene rings is 3. The van der Waals surface area contributed by atoms with Crippen LogP contribution in [0.3, 0.4) is 0 Å². The molecule has 1 nitrogen and oxygen atoms in total. The van der Waals surface area contributed by atoms with E-state index in [9.17, 15) is 8.78 Å². The number of hydrogen-bond donors (Lipinski definition) is 0. The van der Waals surface area contributed by atoms with Gasteiger partial charge in [-0.25, -0.2) is 13.2 Å². The van der Waals surface area contributed by atoms with Crippen molar-refractivity contribution in [1.29, 1.82) is 0 Å². The van der Waals surface area contributed by atoms with Crippen molar-refractivity contribution in [3.63, 3.8) is 0 Å². The zero-order valence-electron chi connectivity index (χ0n) is 27.4. The minimum absolute atomic E-state index is 0.0874. The Morgan fingerprint density at radius 1 is 0.696 bits per heavy atom. The zero-order valence-corrected chi connectivity index (χ0v) is 27.4. The molecule has 0 heterocycles. The highest BCUT2D eigenvalue weighted by atomic mass is 19.2. The van der Waals surface area contributed by atoms with E-state index >= 15 is 8.78 Å². The SMILES string of the molecule is CC=CCCC1CCC(C2CC=C(c3ccc(-c4ccc(-c5ccc(OCCCCCC)c(F)c5F)cc4)c(F)c3F)CC2)CC1. The van der Waals surface area contributed by atoms with Gasteiger partial charge in [0, 0.05) is 16.7 Å². The van der Waals surface area contributed by atoms with E-state index in [-0.39, 0.29) is 16.9 Å². The van der Waals surface area contributed by atoms with Crippen molar-refractivity contribution >= 4 is 5.57 Å². The highest BCUT2D eigenvalue weighted by Crippen LogP contribution is 2.43. The summed E-state index contributed by atoms with van der Waals surface area (Å²) in [6.07, 6.45) is 20.8. The highest BCUT2D eigenvalue weighted by Gasteiger charge is 2.29. The van der Waals surface area contributed by atoms with Crippen molar-refractivity contribution in [2.45, 2.75) is 97.3 Å². The van der Waals surface area contributed by atoms with Gasteiger partial charge in [0.2, 0.25) is 5.82 Å². The summed E-state index contributed by atoms with van der Waals surface area (Å²) in [5, 5.41) is 0. The molecule has 5 rings (SSSR count). The Morgan fingerprint density at radius 2 is 1.33 bits per heavy atom. The lowest BCUT2D eigenvalue weighted by Gasteiger charge is -2.35. The molecule has 46 heavy (non-hydrogen) atoms. The van der Waals surface area contributed by atoms with Crippen LogP contribution in [-0.4, -0.2) is 6.61 Å². The van der Waals surface area contributed by atoms with Gasteiger partial charge < -0.3 is 4.74 Å². The fourth-order valence-corrected chi connectivity index (χ4v) is 7.40. The Morgan fingerprint density at radius 3 is 1.96 bits per heavy atom. The van der Waals surface area contributed by atoms with Gasteiger partial charge in [-0.15, -0.1) is 0 Å². The third kappa shape index (κ3) is 8.14. The highest BCUT2D eigenvalue weighted by molar-refractivity contribution is 5.74. The molecule has 1 unspecified atom stereocenters. The van der Waals surface area contributed by atoms with Gasteiger partial charge in [-0.2, -0.15) is 4.39 Å². The molecule has 1 fully saturated rings. The Bertz CT molecular complexity index is 1500. The lowest BCUT2D eigenvalue weighted by molar-refractivity contribution is 0.190. The minimum atomic E-state index is -1.02. The Kier molecular flexibility index (Phi) is 12.2. The number of unbranched alkanes of at least 4 members (excludes halogenated alkanes) is 3. The van der Waals surface area contributed by atoms with Crippen molar-refractivity contribution in [2.24, 2.45) is 17.8 Å². The lowest BCUT2D eigenvalue weighted by Crippen LogP contribution is -2.23. The first-order chi connectivity index (χ1) is 22.4. The maximum absolute atomic E-state index is 15.5. The van der Waals surface area contributed by atoms with Crippen molar-refractivity contribution in [2.75, 3.05) is 6.61 Å². The smallest absolute Gasteiger partial charge is 0.201 e. The van der Waals surface area contributed by atoms with Gasteiger partial charge in [0.05, 0.1) is 6.61 Å². The third-order valence-electron chi connectivity index (χ3n) is 10.2. The lowest BCUT2D eigenvalue weighted by atomic mass is 9.70. The molecule has 2 aliphatic carbocycles. The van der Waals surface area contributed by atoms with Gasteiger partial charge in [-0.05, 0) is 105 Å². The van der Waals surface area contributed by atoms with E-state index in [1.807, 2.05) is 0 Å². The molecule has 2 aliphatic rings. The number of rotatable bonds is 13. The first kappa shape index (κ1) is 34.0. The van der Waals surface area contributed by atoms with E-state index in [1.54, 1.807) is 36.4 Å². The molecule has 1 atom stereocenters. The molecular formula is C41H48F4O. The molecule has 3 aromatic rings. The molecule has 5 heteroatoms. The topological polar surface area (TPSA) is 9.23 Å². The molecule has 1 saturated carbocycles. The van der Waals surface area contributed by atoms with Gasteiger partial charge >= 0.3 is 0 Å². The largest absolute Gasteiger partial charge is 0.490 e. The van der Waals surface area contributed by atoms with Gasteiger partial charge in [-0.1, -0.05) is 93.7 Å². The summed E-state index contributed by atoms with van der Waals surface area (Å²) >= 11 is 0. The van der Waals surface area contributed by atoms with E-state index in [2.05, 4.69) is 32.1 Å². The van der Waals surface area contributed by atoms with Crippen LogP contribution in [0.5, 0.6) is 5.75 Å². The molecule has 0 N–H and O–H groups in total. The Balaban J connectivity index is 1.21. The summed E-state index contributed by atoms with van der Waals surface area (Å²) in [5.41, 5.74) is 2.38.